The standard InChI is InChI=1S/C16H21NO5/c1-3-21-13-6-5-11(9-14(13)22-4-2)15(18)17-8-7-12(10-17)16(19)20/h5-6,9,12H,3-4,7-8,10H2,1-2H3,(H,19,20). The number of carboxylic acid groups (broad SMARTS) is 1. The van der Waals surface area contributed by atoms with Gasteiger partial charge in [-0.2, -0.15) is 0 Å². The van der Waals surface area contributed by atoms with Crippen molar-refractivity contribution in [3.8, 4) is 11.5 Å². The largest absolute Gasteiger partial charge is 0.490 e. The fourth-order valence-electron chi connectivity index (χ4n) is 2.51. The first kappa shape index (κ1) is 16.1. The average molecular weight is 307 g/mol. The van der Waals surface area contributed by atoms with E-state index in [-0.39, 0.29) is 12.5 Å². The summed E-state index contributed by atoms with van der Waals surface area (Å²) in [6, 6.07) is 5.06. The van der Waals surface area contributed by atoms with Gasteiger partial charge in [0.2, 0.25) is 0 Å². The Hall–Kier alpha value is -2.24. The maximum atomic E-state index is 12.5. The predicted octanol–water partition coefficient (Wildman–Crippen LogP) is 2.03. The number of hydrogen-bond donors (Lipinski definition) is 1. The van der Waals surface area contributed by atoms with Gasteiger partial charge in [0, 0.05) is 18.7 Å². The number of carbonyl (C=O) groups excluding carboxylic acids is 1. The van der Waals surface area contributed by atoms with Crippen LogP contribution in [0.5, 0.6) is 11.5 Å². The van der Waals surface area contributed by atoms with E-state index in [4.69, 9.17) is 14.6 Å². The van der Waals surface area contributed by atoms with Gasteiger partial charge in [0.25, 0.3) is 5.91 Å². The molecule has 6 heteroatoms. The molecule has 0 saturated carbocycles. The molecule has 1 fully saturated rings. The monoisotopic (exact) mass is 307 g/mol. The zero-order valence-electron chi connectivity index (χ0n) is 12.9. The number of ether oxygens (including phenoxy) is 2. The van der Waals surface area contributed by atoms with Crippen LogP contribution in [0, 0.1) is 5.92 Å². The molecule has 1 N–H and O–H groups in total. The average Bonchev–Trinajstić information content (AvgIpc) is 2.99. The molecule has 0 aliphatic carbocycles. The second kappa shape index (κ2) is 7.15. The molecule has 1 aliphatic heterocycles. The zero-order valence-corrected chi connectivity index (χ0v) is 12.9. The minimum Gasteiger partial charge on any atom is -0.490 e. The van der Waals surface area contributed by atoms with E-state index in [0.29, 0.717) is 43.2 Å². The summed E-state index contributed by atoms with van der Waals surface area (Å²) in [5.74, 6) is -0.363. The number of benzene rings is 1. The highest BCUT2D eigenvalue weighted by Gasteiger charge is 2.31. The quantitative estimate of drug-likeness (QED) is 0.870. The Balaban J connectivity index is 2.16. The third-order valence-corrected chi connectivity index (χ3v) is 3.62. The van der Waals surface area contributed by atoms with Crippen LogP contribution in [0.2, 0.25) is 0 Å². The van der Waals surface area contributed by atoms with Crippen LogP contribution in [-0.4, -0.2) is 48.2 Å². The highest BCUT2D eigenvalue weighted by Crippen LogP contribution is 2.29. The fourth-order valence-corrected chi connectivity index (χ4v) is 2.51. The van der Waals surface area contributed by atoms with Gasteiger partial charge >= 0.3 is 5.97 Å². The first-order chi connectivity index (χ1) is 10.6. The first-order valence-corrected chi connectivity index (χ1v) is 7.48. The Morgan fingerprint density at radius 3 is 2.50 bits per heavy atom. The van der Waals surface area contributed by atoms with E-state index < -0.39 is 11.9 Å². The number of likely N-dealkylation sites (tertiary alicyclic amines) is 1. The number of nitrogens with zero attached hydrogens (tertiary/aromatic N) is 1. The lowest BCUT2D eigenvalue weighted by Gasteiger charge is -2.17. The van der Waals surface area contributed by atoms with Crippen molar-refractivity contribution in [2.75, 3.05) is 26.3 Å². The molecule has 22 heavy (non-hydrogen) atoms. The number of hydrogen-bond acceptors (Lipinski definition) is 4. The van der Waals surface area contributed by atoms with Crippen LogP contribution in [0.1, 0.15) is 30.6 Å². The molecular formula is C16H21NO5. The van der Waals surface area contributed by atoms with Gasteiger partial charge < -0.3 is 19.5 Å². The van der Waals surface area contributed by atoms with E-state index in [0.717, 1.165) is 0 Å². The molecule has 1 heterocycles. The van der Waals surface area contributed by atoms with E-state index in [1.165, 1.54) is 0 Å². The second-order valence-electron chi connectivity index (χ2n) is 5.10. The lowest BCUT2D eigenvalue weighted by Crippen LogP contribution is -2.29. The maximum Gasteiger partial charge on any atom is 0.308 e. The summed E-state index contributed by atoms with van der Waals surface area (Å²) in [5, 5.41) is 9.02. The van der Waals surface area contributed by atoms with Crippen molar-refractivity contribution < 1.29 is 24.2 Å². The van der Waals surface area contributed by atoms with Gasteiger partial charge in [-0.15, -0.1) is 0 Å². The van der Waals surface area contributed by atoms with Gasteiger partial charge in [0.1, 0.15) is 0 Å². The summed E-state index contributed by atoms with van der Waals surface area (Å²) in [5.41, 5.74) is 0.484. The molecular weight excluding hydrogens is 286 g/mol. The molecule has 0 radical (unpaired) electrons. The molecule has 1 aromatic rings. The minimum absolute atomic E-state index is 0.173. The van der Waals surface area contributed by atoms with E-state index in [2.05, 4.69) is 0 Å². The number of amides is 1. The van der Waals surface area contributed by atoms with E-state index in [1.807, 2.05) is 13.8 Å². The molecule has 0 spiro atoms. The normalized spacial score (nSPS) is 17.4. The summed E-state index contributed by atoms with van der Waals surface area (Å²) in [6.45, 7) is 5.45. The summed E-state index contributed by atoms with van der Waals surface area (Å²) >= 11 is 0. The van der Waals surface area contributed by atoms with Crippen LogP contribution in [0.15, 0.2) is 18.2 Å². The van der Waals surface area contributed by atoms with Crippen molar-refractivity contribution in [2.24, 2.45) is 5.92 Å². The van der Waals surface area contributed by atoms with E-state index in [1.54, 1.807) is 23.1 Å². The molecule has 1 saturated heterocycles. The SMILES string of the molecule is CCOc1ccc(C(=O)N2CCC(C(=O)O)C2)cc1OCC. The Bertz CT molecular complexity index is 557. The van der Waals surface area contributed by atoms with Gasteiger partial charge in [-0.05, 0) is 38.5 Å². The summed E-state index contributed by atoms with van der Waals surface area (Å²) < 4.78 is 11.0. The van der Waals surface area contributed by atoms with Crippen LogP contribution in [0.25, 0.3) is 0 Å². The van der Waals surface area contributed by atoms with E-state index in [9.17, 15) is 9.59 Å². The molecule has 6 nitrogen and oxygen atoms in total. The van der Waals surface area contributed by atoms with Gasteiger partial charge in [0.15, 0.2) is 11.5 Å². The van der Waals surface area contributed by atoms with Crippen LogP contribution in [0.3, 0.4) is 0 Å². The molecule has 2 rings (SSSR count). The van der Waals surface area contributed by atoms with Crippen LogP contribution >= 0.6 is 0 Å². The van der Waals surface area contributed by atoms with Crippen molar-refractivity contribution in [2.45, 2.75) is 20.3 Å². The van der Waals surface area contributed by atoms with E-state index >= 15 is 0 Å². The second-order valence-corrected chi connectivity index (χ2v) is 5.10. The fraction of sp³-hybridized carbons (Fsp3) is 0.500. The molecule has 0 bridgehead atoms. The van der Waals surface area contributed by atoms with Gasteiger partial charge in [0.05, 0.1) is 19.1 Å². The smallest absolute Gasteiger partial charge is 0.308 e. The maximum absolute atomic E-state index is 12.5. The molecule has 1 unspecified atom stereocenters. The number of aliphatic carboxylic acids is 1. The highest BCUT2D eigenvalue weighted by atomic mass is 16.5. The third-order valence-electron chi connectivity index (χ3n) is 3.62. The summed E-state index contributed by atoms with van der Waals surface area (Å²) in [6.07, 6.45) is 0.496. The summed E-state index contributed by atoms with van der Waals surface area (Å²) in [7, 11) is 0. The van der Waals surface area contributed by atoms with Gasteiger partial charge in [-0.3, -0.25) is 9.59 Å². The highest BCUT2D eigenvalue weighted by molar-refractivity contribution is 5.95. The topological polar surface area (TPSA) is 76.1 Å². The van der Waals surface area contributed by atoms with Crippen molar-refractivity contribution >= 4 is 11.9 Å². The Morgan fingerprint density at radius 1 is 1.23 bits per heavy atom. The molecule has 1 amide bonds. The lowest BCUT2D eigenvalue weighted by molar-refractivity contribution is -0.141. The van der Waals surface area contributed by atoms with Crippen LogP contribution in [0.4, 0.5) is 0 Å². The third kappa shape index (κ3) is 3.50. The molecule has 1 aromatic carbocycles. The van der Waals surface area contributed by atoms with Crippen LogP contribution in [-0.2, 0) is 4.79 Å². The molecule has 0 aromatic heterocycles. The van der Waals surface area contributed by atoms with Gasteiger partial charge in [-0.1, -0.05) is 0 Å². The first-order valence-electron chi connectivity index (χ1n) is 7.48. The Morgan fingerprint density at radius 2 is 1.91 bits per heavy atom. The van der Waals surface area contributed by atoms with Crippen molar-refractivity contribution in [3.63, 3.8) is 0 Å². The number of rotatable bonds is 6. The predicted molar refractivity (Wildman–Crippen MR) is 80.4 cm³/mol. The van der Waals surface area contributed by atoms with Gasteiger partial charge in [-0.25, -0.2) is 0 Å². The van der Waals surface area contributed by atoms with Crippen LogP contribution < -0.4 is 9.47 Å². The van der Waals surface area contributed by atoms with Crippen molar-refractivity contribution in [1.29, 1.82) is 0 Å². The number of carboxylic acids is 1. The number of carbonyl (C=O) groups is 2. The Labute approximate surface area is 129 Å². The lowest BCUT2D eigenvalue weighted by atomic mass is 10.1. The zero-order chi connectivity index (χ0) is 16.1. The molecule has 1 atom stereocenters. The van der Waals surface area contributed by atoms with Crippen molar-refractivity contribution in [1.82, 2.24) is 4.90 Å². The molecule has 120 valence electrons. The Kier molecular flexibility index (Phi) is 5.25. The summed E-state index contributed by atoms with van der Waals surface area (Å²) in [4.78, 5) is 25.0. The molecule has 1 aliphatic rings. The minimum atomic E-state index is -0.850. The van der Waals surface area contributed by atoms with Crippen molar-refractivity contribution in [3.05, 3.63) is 23.8 Å².